The number of fused-ring (bicyclic) bond motifs is 3. The number of rotatable bonds is 7. The van der Waals surface area contributed by atoms with E-state index in [0.717, 1.165) is 13.0 Å². The van der Waals surface area contributed by atoms with Crippen LogP contribution in [0.3, 0.4) is 0 Å². The lowest BCUT2D eigenvalue weighted by Crippen LogP contribution is -2.55. The third-order valence-electron chi connectivity index (χ3n) is 13.0. The van der Waals surface area contributed by atoms with Crippen molar-refractivity contribution in [3.05, 3.63) is 157 Å². The lowest BCUT2D eigenvalue weighted by molar-refractivity contribution is -0.297. The van der Waals surface area contributed by atoms with Crippen LogP contribution in [0.5, 0.6) is 0 Å². The number of amides is 6. The van der Waals surface area contributed by atoms with Gasteiger partial charge in [-0.25, -0.2) is 19.5 Å². The van der Waals surface area contributed by atoms with Gasteiger partial charge in [0.05, 0.1) is 56.0 Å². The molecule has 3 aliphatic rings. The van der Waals surface area contributed by atoms with Gasteiger partial charge in [-0.1, -0.05) is 24.3 Å². The molecule has 368 valence electrons. The Morgan fingerprint density at radius 3 is 1.17 bits per heavy atom. The van der Waals surface area contributed by atoms with Gasteiger partial charge in [-0.05, 0) is 128 Å². The summed E-state index contributed by atoms with van der Waals surface area (Å²) in [5.41, 5.74) is -20.9. The van der Waals surface area contributed by atoms with Crippen molar-refractivity contribution in [1.82, 2.24) is 0 Å². The van der Waals surface area contributed by atoms with E-state index < -0.39 is 144 Å². The van der Waals surface area contributed by atoms with Crippen molar-refractivity contribution in [2.24, 2.45) is 0 Å². The maximum absolute atomic E-state index is 15.6. The molecule has 8 rings (SSSR count). The van der Waals surface area contributed by atoms with Crippen LogP contribution >= 0.6 is 0 Å². The number of imide groups is 3. The molecule has 0 radical (unpaired) electrons. The van der Waals surface area contributed by atoms with Crippen LogP contribution in [0, 0.1) is 27.7 Å². The summed E-state index contributed by atoms with van der Waals surface area (Å²) in [6.45, 7) is 4.97. The van der Waals surface area contributed by atoms with E-state index in [1.807, 2.05) is 0 Å². The number of nitrogens with zero attached hydrogens (tertiary/aromatic N) is 3. The lowest BCUT2D eigenvalue weighted by atomic mass is 9.71. The van der Waals surface area contributed by atoms with Gasteiger partial charge in [-0.15, -0.1) is 0 Å². The zero-order valence-corrected chi connectivity index (χ0v) is 36.7. The molecule has 1 N–H and O–H groups in total. The lowest BCUT2D eigenvalue weighted by Gasteiger charge is -2.38. The molecule has 0 bridgehead atoms. The summed E-state index contributed by atoms with van der Waals surface area (Å²) >= 11 is 0. The topological polar surface area (TPSA) is 149 Å². The van der Waals surface area contributed by atoms with Gasteiger partial charge in [0.25, 0.3) is 35.4 Å². The zero-order chi connectivity index (χ0) is 52.8. The molecule has 71 heavy (non-hydrogen) atoms. The standard InChI is InChI=1S/C48H29F12N3O8/c1-19-12-23(42(70)71)15-27(13-19)61-36(64)28-10-7-25(17-32(28)39(61)67)44(47(55,56)57,48(58,59)60)26-8-11-30-33(18-26)41(69)63(38(30)66)35-21(3)14-20(2)34(22(35)4)62-37(65)29-9-6-24(16-31(29)40(62)68)43(5,45(49,50)51)46(52,53)54/h6-18H,1-5H3,(H,70,71). The second-order valence-corrected chi connectivity index (χ2v) is 17.2. The number of carbonyl (C=O) groups is 7. The Kier molecular flexibility index (Phi) is 10.9. The molecule has 0 aromatic heterocycles. The molecule has 0 saturated heterocycles. The molecule has 0 spiro atoms. The van der Waals surface area contributed by atoms with E-state index in [2.05, 4.69) is 0 Å². The number of alkyl halides is 12. The summed E-state index contributed by atoms with van der Waals surface area (Å²) in [5, 5.41) is 9.51. The monoisotopic (exact) mass is 1000 g/mol. The fourth-order valence-corrected chi connectivity index (χ4v) is 9.48. The number of aryl methyl sites for hydroxylation is 3. The van der Waals surface area contributed by atoms with Gasteiger partial charge in [-0.2, -0.15) is 52.7 Å². The molecule has 0 fully saturated rings. The second-order valence-electron chi connectivity index (χ2n) is 17.2. The van der Waals surface area contributed by atoms with Gasteiger partial charge >= 0.3 is 30.7 Å². The van der Waals surface area contributed by atoms with Gasteiger partial charge in [0.15, 0.2) is 5.41 Å². The van der Waals surface area contributed by atoms with Gasteiger partial charge in [0.1, 0.15) is 0 Å². The zero-order valence-electron chi connectivity index (χ0n) is 36.7. The normalized spacial score (nSPS) is 15.6. The summed E-state index contributed by atoms with van der Waals surface area (Å²) in [4.78, 5) is 96.1. The maximum atomic E-state index is 15.6. The molecule has 23 heteroatoms. The molecule has 0 atom stereocenters. The second kappa shape index (κ2) is 15.6. The first-order valence-electron chi connectivity index (χ1n) is 20.5. The van der Waals surface area contributed by atoms with Crippen molar-refractivity contribution < 1.29 is 91.4 Å². The number of carboxylic acids is 1. The highest BCUT2D eigenvalue weighted by atomic mass is 19.4. The summed E-state index contributed by atoms with van der Waals surface area (Å²) in [5.74, 6) is -9.61. The largest absolute Gasteiger partial charge is 0.478 e. The first kappa shape index (κ1) is 49.6. The number of carbonyl (C=O) groups excluding carboxylic acids is 6. The summed E-state index contributed by atoms with van der Waals surface area (Å²) in [7, 11) is 0. The molecule has 5 aromatic carbocycles. The van der Waals surface area contributed by atoms with Crippen molar-refractivity contribution in [3.63, 3.8) is 0 Å². The number of anilines is 3. The Morgan fingerprint density at radius 1 is 0.437 bits per heavy atom. The third kappa shape index (κ3) is 6.85. The molecular weight excluding hydrogens is 975 g/mol. The summed E-state index contributed by atoms with van der Waals surface area (Å²) in [6.07, 6.45) is -24.6. The van der Waals surface area contributed by atoms with E-state index in [1.54, 1.807) is 0 Å². The van der Waals surface area contributed by atoms with Crippen LogP contribution in [0.15, 0.2) is 78.9 Å². The third-order valence-corrected chi connectivity index (χ3v) is 13.0. The van der Waals surface area contributed by atoms with Crippen molar-refractivity contribution in [1.29, 1.82) is 0 Å². The minimum atomic E-state index is -6.36. The quantitative estimate of drug-likeness (QED) is 0.125. The highest BCUT2D eigenvalue weighted by Crippen LogP contribution is 2.58. The van der Waals surface area contributed by atoms with Crippen LogP contribution in [0.4, 0.5) is 69.7 Å². The molecule has 3 aliphatic heterocycles. The Labute approximate surface area is 390 Å². The SMILES string of the molecule is Cc1cc(C(=O)O)cc(N2C(=O)c3ccc(C(c4ccc5c(c4)C(=O)N(c4c(C)cc(C)c(N6C(=O)c7ccc(C(C)(C(F)(F)F)C(F)(F)F)cc7C6=O)c4C)C5=O)(C(F)(F)F)C(F)(F)F)cc3C2=O)c1. The van der Waals surface area contributed by atoms with Gasteiger partial charge in [0, 0.05) is 0 Å². The van der Waals surface area contributed by atoms with Crippen LogP contribution in [-0.4, -0.2) is 71.2 Å². The molecule has 6 amide bonds. The van der Waals surface area contributed by atoms with Crippen molar-refractivity contribution in [3.8, 4) is 0 Å². The maximum Gasteiger partial charge on any atom is 0.411 e. The summed E-state index contributed by atoms with van der Waals surface area (Å²) in [6, 6.07) is 7.66. The Balaban J connectivity index is 1.21. The highest BCUT2D eigenvalue weighted by molar-refractivity contribution is 6.37. The molecule has 3 heterocycles. The predicted octanol–water partition coefficient (Wildman–Crippen LogP) is 10.8. The number of halogens is 12. The number of hydrogen-bond acceptors (Lipinski definition) is 7. The molecule has 5 aromatic rings. The Bertz CT molecular complexity index is 3270. The number of benzene rings is 5. The number of carboxylic acid groups (broad SMARTS) is 1. The van der Waals surface area contributed by atoms with E-state index in [1.165, 1.54) is 39.0 Å². The summed E-state index contributed by atoms with van der Waals surface area (Å²) < 4.78 is 177. The van der Waals surface area contributed by atoms with Gasteiger partial charge < -0.3 is 5.11 Å². The van der Waals surface area contributed by atoms with E-state index >= 15 is 26.3 Å². The minimum Gasteiger partial charge on any atom is -0.478 e. The molecule has 0 saturated carbocycles. The number of hydrogen-bond donors (Lipinski definition) is 1. The van der Waals surface area contributed by atoms with Crippen molar-refractivity contribution in [2.45, 2.75) is 70.2 Å². The predicted molar refractivity (Wildman–Crippen MR) is 224 cm³/mol. The van der Waals surface area contributed by atoms with Crippen LogP contribution in [0.1, 0.15) is 118 Å². The van der Waals surface area contributed by atoms with Crippen LogP contribution in [0.2, 0.25) is 0 Å². The average molecular weight is 1000 g/mol. The highest BCUT2D eigenvalue weighted by Gasteiger charge is 2.73. The minimum absolute atomic E-state index is 0.000304. The van der Waals surface area contributed by atoms with Gasteiger partial charge in [-0.3, -0.25) is 28.8 Å². The van der Waals surface area contributed by atoms with E-state index in [9.17, 15) is 65.0 Å². The Morgan fingerprint density at radius 2 is 0.789 bits per heavy atom. The smallest absolute Gasteiger partial charge is 0.411 e. The van der Waals surface area contributed by atoms with E-state index in [0.29, 0.717) is 45.0 Å². The van der Waals surface area contributed by atoms with Crippen LogP contribution in [-0.2, 0) is 10.8 Å². The molecule has 0 aliphatic carbocycles. The average Bonchev–Trinajstić information content (AvgIpc) is 3.75. The van der Waals surface area contributed by atoms with Crippen molar-refractivity contribution in [2.75, 3.05) is 14.7 Å². The van der Waals surface area contributed by atoms with Crippen LogP contribution in [0.25, 0.3) is 0 Å². The first-order valence-corrected chi connectivity index (χ1v) is 20.5. The molecule has 0 unspecified atom stereocenters. The van der Waals surface area contributed by atoms with Crippen LogP contribution < -0.4 is 14.7 Å². The first-order chi connectivity index (χ1) is 32.6. The Hall–Kier alpha value is -7.85. The fraction of sp³-hybridized carbons (Fsp3) is 0.229. The number of aromatic carboxylic acids is 1. The van der Waals surface area contributed by atoms with E-state index in [-0.39, 0.29) is 59.1 Å². The van der Waals surface area contributed by atoms with Crippen molar-refractivity contribution >= 4 is 58.5 Å². The molecule has 11 nitrogen and oxygen atoms in total. The fourth-order valence-electron chi connectivity index (χ4n) is 9.48. The van der Waals surface area contributed by atoms with E-state index in [4.69, 9.17) is 0 Å². The van der Waals surface area contributed by atoms with Gasteiger partial charge in [0.2, 0.25) is 5.41 Å². The molecular formula is C48H29F12N3O8.